The summed E-state index contributed by atoms with van der Waals surface area (Å²) in [5, 5.41) is 3.32. The fraction of sp³-hybridized carbons (Fsp3) is 0.636. The zero-order valence-corrected chi connectivity index (χ0v) is 11.1. The highest BCUT2D eigenvalue weighted by Crippen LogP contribution is 2.12. The minimum absolute atomic E-state index is 0.0271. The van der Waals surface area contributed by atoms with Gasteiger partial charge < -0.3 is 20.7 Å². The van der Waals surface area contributed by atoms with E-state index in [9.17, 15) is 4.79 Å². The summed E-state index contributed by atoms with van der Waals surface area (Å²) in [6.07, 6.45) is 0. The molecule has 104 valence electrons. The molecule has 0 aromatic carbocycles. The quantitative estimate of drug-likeness (QED) is 0.700. The average Bonchev–Trinajstić information content (AvgIpc) is 2.38. The van der Waals surface area contributed by atoms with Crippen LogP contribution in [0.1, 0.15) is 24.5 Å². The molecule has 8 heteroatoms. The highest BCUT2D eigenvalue weighted by Gasteiger charge is 2.21. The van der Waals surface area contributed by atoms with Gasteiger partial charge in [0.25, 0.3) is 0 Å². The summed E-state index contributed by atoms with van der Waals surface area (Å²) in [4.78, 5) is 25.6. The molecule has 0 bridgehead atoms. The third kappa shape index (κ3) is 3.28. The Labute approximate surface area is 111 Å². The lowest BCUT2D eigenvalue weighted by Crippen LogP contribution is -2.50. The van der Waals surface area contributed by atoms with E-state index >= 15 is 0 Å². The lowest BCUT2D eigenvalue weighted by molar-refractivity contribution is 0.0512. The Bertz CT molecular complexity index is 466. The van der Waals surface area contributed by atoms with E-state index in [-0.39, 0.29) is 18.4 Å². The minimum atomic E-state index is -0.582. The van der Waals surface area contributed by atoms with Crippen molar-refractivity contribution in [2.45, 2.75) is 19.9 Å². The average molecular weight is 266 g/mol. The molecule has 3 N–H and O–H groups in total. The van der Waals surface area contributed by atoms with Crippen molar-refractivity contribution in [1.29, 1.82) is 0 Å². The Balaban J connectivity index is 2.23. The second-order valence-corrected chi connectivity index (χ2v) is 4.34. The minimum Gasteiger partial charge on any atom is -0.460 e. The fourth-order valence-electron chi connectivity index (χ4n) is 1.92. The van der Waals surface area contributed by atoms with Crippen LogP contribution in [0.5, 0.6) is 0 Å². The SMILES string of the molecule is CCOC(=O)c1nc(N)nc(N2CCNC(C)C2)n1. The van der Waals surface area contributed by atoms with Crippen LogP contribution in [-0.2, 0) is 4.74 Å². The van der Waals surface area contributed by atoms with E-state index in [0.717, 1.165) is 19.6 Å². The summed E-state index contributed by atoms with van der Waals surface area (Å²) >= 11 is 0. The van der Waals surface area contributed by atoms with Gasteiger partial charge in [0.05, 0.1) is 6.61 Å². The number of aromatic nitrogens is 3. The van der Waals surface area contributed by atoms with Gasteiger partial charge in [0.15, 0.2) is 0 Å². The molecule has 0 saturated carbocycles. The molecule has 0 radical (unpaired) electrons. The molecule has 1 aliphatic rings. The number of carbonyl (C=O) groups excluding carboxylic acids is 1. The molecule has 1 fully saturated rings. The van der Waals surface area contributed by atoms with Crippen molar-refractivity contribution in [3.63, 3.8) is 0 Å². The van der Waals surface area contributed by atoms with E-state index in [1.165, 1.54) is 0 Å². The first-order valence-electron chi connectivity index (χ1n) is 6.27. The van der Waals surface area contributed by atoms with Gasteiger partial charge in [-0.25, -0.2) is 4.79 Å². The van der Waals surface area contributed by atoms with Gasteiger partial charge in [0, 0.05) is 25.7 Å². The molecule has 0 aliphatic carbocycles. The number of anilines is 2. The van der Waals surface area contributed by atoms with Crippen LogP contribution in [0.25, 0.3) is 0 Å². The van der Waals surface area contributed by atoms with Crippen molar-refractivity contribution < 1.29 is 9.53 Å². The Morgan fingerprint density at radius 3 is 3.00 bits per heavy atom. The lowest BCUT2D eigenvalue weighted by atomic mass is 10.2. The molecule has 0 spiro atoms. The number of esters is 1. The molecule has 1 atom stereocenters. The fourth-order valence-corrected chi connectivity index (χ4v) is 1.92. The summed E-state index contributed by atoms with van der Waals surface area (Å²) in [7, 11) is 0. The van der Waals surface area contributed by atoms with E-state index in [4.69, 9.17) is 10.5 Å². The van der Waals surface area contributed by atoms with Gasteiger partial charge in [-0.2, -0.15) is 15.0 Å². The monoisotopic (exact) mass is 266 g/mol. The largest absolute Gasteiger partial charge is 0.460 e. The van der Waals surface area contributed by atoms with E-state index < -0.39 is 5.97 Å². The summed E-state index contributed by atoms with van der Waals surface area (Å²) in [5.74, 6) is -0.181. The molecule has 1 unspecified atom stereocenters. The number of rotatable bonds is 3. The maximum atomic E-state index is 11.6. The predicted molar refractivity (Wildman–Crippen MR) is 69.9 cm³/mol. The van der Waals surface area contributed by atoms with Crippen LogP contribution in [0.3, 0.4) is 0 Å². The summed E-state index contributed by atoms with van der Waals surface area (Å²) in [5.41, 5.74) is 5.62. The van der Waals surface area contributed by atoms with Crippen molar-refractivity contribution in [2.24, 2.45) is 0 Å². The third-order valence-corrected chi connectivity index (χ3v) is 2.75. The molecule has 8 nitrogen and oxygen atoms in total. The zero-order valence-electron chi connectivity index (χ0n) is 11.1. The van der Waals surface area contributed by atoms with Crippen LogP contribution in [-0.4, -0.2) is 53.2 Å². The van der Waals surface area contributed by atoms with Crippen molar-refractivity contribution in [3.05, 3.63) is 5.82 Å². The lowest BCUT2D eigenvalue weighted by Gasteiger charge is -2.31. The number of nitrogens with one attached hydrogen (secondary N) is 1. The van der Waals surface area contributed by atoms with E-state index in [1.807, 2.05) is 4.90 Å². The predicted octanol–water partition coefficient (Wildman–Crippen LogP) is -0.571. The number of hydrogen-bond donors (Lipinski definition) is 2. The summed E-state index contributed by atoms with van der Waals surface area (Å²) in [6, 6.07) is 0.331. The van der Waals surface area contributed by atoms with Crippen LogP contribution >= 0.6 is 0 Å². The molecule has 2 heterocycles. The van der Waals surface area contributed by atoms with Crippen molar-refractivity contribution in [1.82, 2.24) is 20.3 Å². The Morgan fingerprint density at radius 2 is 2.32 bits per heavy atom. The number of ether oxygens (including phenoxy) is 1. The van der Waals surface area contributed by atoms with Gasteiger partial charge >= 0.3 is 5.97 Å². The Hall–Kier alpha value is -1.96. The molecule has 1 aliphatic heterocycles. The third-order valence-electron chi connectivity index (χ3n) is 2.75. The standard InChI is InChI=1S/C11H18N6O2/c1-3-19-9(18)8-14-10(12)16-11(15-8)17-5-4-13-7(2)6-17/h7,13H,3-6H2,1-2H3,(H2,12,14,15,16). The van der Waals surface area contributed by atoms with Gasteiger partial charge in [-0.05, 0) is 13.8 Å². The second-order valence-electron chi connectivity index (χ2n) is 4.34. The van der Waals surface area contributed by atoms with Gasteiger partial charge in [-0.3, -0.25) is 0 Å². The summed E-state index contributed by atoms with van der Waals surface area (Å²) in [6.45, 7) is 6.41. The highest BCUT2D eigenvalue weighted by atomic mass is 16.5. The van der Waals surface area contributed by atoms with Gasteiger partial charge in [-0.1, -0.05) is 0 Å². The number of piperazine rings is 1. The zero-order chi connectivity index (χ0) is 13.8. The number of hydrogen-bond acceptors (Lipinski definition) is 8. The molecule has 1 saturated heterocycles. The van der Waals surface area contributed by atoms with Crippen LogP contribution in [0.15, 0.2) is 0 Å². The molecule has 19 heavy (non-hydrogen) atoms. The number of nitrogens with two attached hydrogens (primary N) is 1. The molecular weight excluding hydrogens is 248 g/mol. The smallest absolute Gasteiger partial charge is 0.376 e. The Morgan fingerprint density at radius 1 is 1.53 bits per heavy atom. The molecule has 2 rings (SSSR count). The maximum absolute atomic E-state index is 11.6. The van der Waals surface area contributed by atoms with Crippen LogP contribution in [0.4, 0.5) is 11.9 Å². The van der Waals surface area contributed by atoms with Crippen LogP contribution < -0.4 is 16.0 Å². The van der Waals surface area contributed by atoms with Crippen LogP contribution in [0, 0.1) is 0 Å². The Kier molecular flexibility index (Phi) is 4.10. The van der Waals surface area contributed by atoms with E-state index in [0.29, 0.717) is 12.0 Å². The first-order chi connectivity index (χ1) is 9.10. The van der Waals surface area contributed by atoms with Crippen molar-refractivity contribution >= 4 is 17.9 Å². The molecular formula is C11H18N6O2. The number of nitrogen functional groups attached to an aromatic ring is 1. The number of carbonyl (C=O) groups is 1. The van der Waals surface area contributed by atoms with Gasteiger partial charge in [0.2, 0.25) is 17.7 Å². The topological polar surface area (TPSA) is 106 Å². The molecule has 1 aromatic heterocycles. The summed E-state index contributed by atoms with van der Waals surface area (Å²) < 4.78 is 4.87. The van der Waals surface area contributed by atoms with Gasteiger partial charge in [-0.15, -0.1) is 0 Å². The first-order valence-corrected chi connectivity index (χ1v) is 6.27. The van der Waals surface area contributed by atoms with E-state index in [1.54, 1.807) is 6.92 Å². The first kappa shape index (κ1) is 13.5. The number of nitrogens with zero attached hydrogens (tertiary/aromatic N) is 4. The van der Waals surface area contributed by atoms with Crippen molar-refractivity contribution in [3.8, 4) is 0 Å². The molecule has 0 amide bonds. The van der Waals surface area contributed by atoms with E-state index in [2.05, 4.69) is 27.2 Å². The molecule has 1 aromatic rings. The van der Waals surface area contributed by atoms with Crippen molar-refractivity contribution in [2.75, 3.05) is 36.9 Å². The highest BCUT2D eigenvalue weighted by molar-refractivity contribution is 5.85. The van der Waals surface area contributed by atoms with Gasteiger partial charge in [0.1, 0.15) is 0 Å². The normalized spacial score (nSPS) is 19.3. The van der Waals surface area contributed by atoms with Crippen LogP contribution in [0.2, 0.25) is 0 Å². The second kappa shape index (κ2) is 5.79. The maximum Gasteiger partial charge on any atom is 0.376 e.